The number of nitro benzene ring substituents is 1. The van der Waals surface area contributed by atoms with E-state index in [9.17, 15) is 15.2 Å². The summed E-state index contributed by atoms with van der Waals surface area (Å²) >= 11 is 0. The third kappa shape index (κ3) is 3.60. The minimum absolute atomic E-state index is 0.0447. The minimum atomic E-state index is -0.730. The van der Waals surface area contributed by atoms with E-state index in [0.717, 1.165) is 25.7 Å². The molecule has 1 aromatic rings. The molecule has 0 atom stereocenters. The Kier molecular flexibility index (Phi) is 4.13. The van der Waals surface area contributed by atoms with Crippen molar-refractivity contribution in [1.82, 2.24) is 0 Å². The molecule has 0 spiro atoms. The van der Waals surface area contributed by atoms with Gasteiger partial charge in [-0.25, -0.2) is 0 Å². The van der Waals surface area contributed by atoms with Crippen molar-refractivity contribution in [3.8, 4) is 0 Å². The van der Waals surface area contributed by atoms with E-state index in [1.807, 2.05) is 0 Å². The molecule has 20 heavy (non-hydrogen) atoms. The van der Waals surface area contributed by atoms with Crippen molar-refractivity contribution >= 4 is 17.1 Å². The first-order valence-electron chi connectivity index (χ1n) is 6.89. The molecule has 0 saturated heterocycles. The van der Waals surface area contributed by atoms with Crippen LogP contribution in [0.25, 0.3) is 0 Å². The lowest BCUT2D eigenvalue weighted by Crippen LogP contribution is -2.40. The number of nitrogens with one attached hydrogen (secondary N) is 1. The van der Waals surface area contributed by atoms with Gasteiger partial charge in [0.2, 0.25) is 0 Å². The van der Waals surface area contributed by atoms with E-state index in [4.69, 9.17) is 5.73 Å². The second kappa shape index (κ2) is 5.66. The number of hydrogen-bond donors (Lipinski definition) is 3. The number of nitrogens with zero attached hydrogens (tertiary/aromatic N) is 1. The van der Waals surface area contributed by atoms with Crippen LogP contribution in [0.3, 0.4) is 0 Å². The molecular formula is C14H21N3O3. The quantitative estimate of drug-likeness (QED) is 0.446. The second-order valence-electron chi connectivity index (χ2n) is 5.83. The zero-order valence-electron chi connectivity index (χ0n) is 11.6. The van der Waals surface area contributed by atoms with Gasteiger partial charge in [-0.15, -0.1) is 0 Å². The van der Waals surface area contributed by atoms with Crippen LogP contribution < -0.4 is 11.1 Å². The first kappa shape index (κ1) is 14.6. The highest BCUT2D eigenvalue weighted by atomic mass is 16.6. The monoisotopic (exact) mass is 279 g/mol. The molecule has 0 radical (unpaired) electrons. The zero-order valence-corrected chi connectivity index (χ0v) is 11.6. The fraction of sp³-hybridized carbons (Fsp3) is 0.571. The van der Waals surface area contributed by atoms with Gasteiger partial charge in [0.15, 0.2) is 0 Å². The summed E-state index contributed by atoms with van der Waals surface area (Å²) in [7, 11) is 0. The summed E-state index contributed by atoms with van der Waals surface area (Å²) in [5.41, 5.74) is 5.79. The number of non-ortho nitro benzene ring substituents is 1. The van der Waals surface area contributed by atoms with Gasteiger partial charge in [0.05, 0.1) is 10.5 Å². The third-order valence-corrected chi connectivity index (χ3v) is 3.98. The van der Waals surface area contributed by atoms with Gasteiger partial charge in [-0.1, -0.05) is 6.92 Å². The van der Waals surface area contributed by atoms with Crippen molar-refractivity contribution in [3.63, 3.8) is 0 Å². The van der Waals surface area contributed by atoms with Crippen LogP contribution in [0.4, 0.5) is 17.1 Å². The molecule has 1 aromatic carbocycles. The number of hydrogen-bond acceptors (Lipinski definition) is 5. The number of nitrogens with two attached hydrogens (primary N) is 1. The first-order valence-corrected chi connectivity index (χ1v) is 6.89. The lowest BCUT2D eigenvalue weighted by molar-refractivity contribution is -0.384. The van der Waals surface area contributed by atoms with Crippen molar-refractivity contribution in [1.29, 1.82) is 0 Å². The predicted octanol–water partition coefficient (Wildman–Crippen LogP) is 2.53. The van der Waals surface area contributed by atoms with Crippen LogP contribution in [0.1, 0.15) is 32.6 Å². The Bertz CT molecular complexity index is 496. The van der Waals surface area contributed by atoms with E-state index in [1.165, 1.54) is 12.1 Å². The maximum Gasteiger partial charge on any atom is 0.273 e. The van der Waals surface area contributed by atoms with Gasteiger partial charge >= 0.3 is 0 Å². The Hall–Kier alpha value is -1.82. The Morgan fingerprint density at radius 2 is 2.10 bits per heavy atom. The van der Waals surface area contributed by atoms with Gasteiger partial charge in [-0.05, 0) is 37.7 Å². The Balaban J connectivity index is 2.02. The summed E-state index contributed by atoms with van der Waals surface area (Å²) in [5, 5.41) is 24.3. The van der Waals surface area contributed by atoms with Crippen LogP contribution in [-0.2, 0) is 0 Å². The van der Waals surface area contributed by atoms with Gasteiger partial charge in [0.25, 0.3) is 5.69 Å². The molecule has 1 fully saturated rings. The van der Waals surface area contributed by atoms with Gasteiger partial charge < -0.3 is 16.2 Å². The number of aliphatic hydroxyl groups is 1. The van der Waals surface area contributed by atoms with E-state index in [-0.39, 0.29) is 5.69 Å². The molecule has 6 heteroatoms. The van der Waals surface area contributed by atoms with Crippen molar-refractivity contribution in [2.75, 3.05) is 17.6 Å². The predicted molar refractivity (Wildman–Crippen MR) is 78.6 cm³/mol. The molecule has 0 amide bonds. The molecule has 2 rings (SSSR count). The van der Waals surface area contributed by atoms with Crippen LogP contribution in [0.2, 0.25) is 0 Å². The van der Waals surface area contributed by atoms with Crippen molar-refractivity contribution in [2.45, 2.75) is 38.2 Å². The minimum Gasteiger partial charge on any atom is -0.398 e. The summed E-state index contributed by atoms with van der Waals surface area (Å²) in [4.78, 5) is 10.3. The Labute approximate surface area is 118 Å². The largest absolute Gasteiger partial charge is 0.398 e. The highest BCUT2D eigenvalue weighted by Gasteiger charge is 2.31. The zero-order chi connectivity index (χ0) is 14.8. The van der Waals surface area contributed by atoms with Crippen LogP contribution in [-0.4, -0.2) is 22.2 Å². The van der Waals surface area contributed by atoms with Gasteiger partial charge in [-0.2, -0.15) is 0 Å². The highest BCUT2D eigenvalue weighted by molar-refractivity contribution is 5.61. The summed E-state index contributed by atoms with van der Waals surface area (Å²) in [6, 6.07) is 4.40. The Morgan fingerprint density at radius 1 is 1.45 bits per heavy atom. The molecule has 1 aliphatic carbocycles. The van der Waals surface area contributed by atoms with Crippen molar-refractivity contribution < 1.29 is 10.0 Å². The molecule has 4 N–H and O–H groups in total. The van der Waals surface area contributed by atoms with E-state index in [2.05, 4.69) is 12.2 Å². The van der Waals surface area contributed by atoms with Crippen molar-refractivity contribution in [3.05, 3.63) is 28.3 Å². The standard InChI is InChI=1S/C14H21N3O3/c1-10-2-4-14(18,5-3-10)9-16-12-6-11(15)7-13(8-12)17(19)20/h6-8,10,16,18H,2-5,9,15H2,1H3. The first-order chi connectivity index (χ1) is 9.38. The van der Waals surface area contributed by atoms with Gasteiger partial charge in [0, 0.05) is 30.1 Å². The second-order valence-corrected chi connectivity index (χ2v) is 5.83. The fourth-order valence-electron chi connectivity index (χ4n) is 2.58. The van der Waals surface area contributed by atoms with Gasteiger partial charge in [-0.3, -0.25) is 10.1 Å². The van der Waals surface area contributed by atoms with Gasteiger partial charge in [0.1, 0.15) is 0 Å². The smallest absolute Gasteiger partial charge is 0.273 e. The molecule has 110 valence electrons. The lowest BCUT2D eigenvalue weighted by atomic mass is 9.79. The molecule has 0 bridgehead atoms. The molecule has 1 aliphatic rings. The molecule has 0 unspecified atom stereocenters. The van der Waals surface area contributed by atoms with E-state index in [0.29, 0.717) is 23.8 Å². The van der Waals surface area contributed by atoms with E-state index >= 15 is 0 Å². The van der Waals surface area contributed by atoms with Crippen LogP contribution in [0.5, 0.6) is 0 Å². The summed E-state index contributed by atoms with van der Waals surface area (Å²) < 4.78 is 0. The average molecular weight is 279 g/mol. The molecule has 1 saturated carbocycles. The normalized spacial score (nSPS) is 26.2. The number of benzene rings is 1. The van der Waals surface area contributed by atoms with Crippen LogP contribution in [0.15, 0.2) is 18.2 Å². The summed E-state index contributed by atoms with van der Waals surface area (Å²) in [6.07, 6.45) is 3.53. The topological polar surface area (TPSA) is 101 Å². The molecule has 0 aromatic heterocycles. The highest BCUT2D eigenvalue weighted by Crippen LogP contribution is 2.32. The number of nitro groups is 1. The fourth-order valence-corrected chi connectivity index (χ4v) is 2.58. The van der Waals surface area contributed by atoms with Crippen LogP contribution in [0, 0.1) is 16.0 Å². The molecular weight excluding hydrogens is 258 g/mol. The van der Waals surface area contributed by atoms with Crippen LogP contribution >= 0.6 is 0 Å². The summed E-state index contributed by atoms with van der Waals surface area (Å²) in [6.45, 7) is 2.58. The number of anilines is 2. The maximum atomic E-state index is 10.8. The maximum absolute atomic E-state index is 10.8. The third-order valence-electron chi connectivity index (χ3n) is 3.98. The SMILES string of the molecule is CC1CCC(O)(CNc2cc(N)cc([N+](=O)[O-])c2)CC1. The number of rotatable bonds is 4. The number of nitrogen functional groups attached to an aromatic ring is 1. The molecule has 0 aliphatic heterocycles. The Morgan fingerprint density at radius 3 is 2.70 bits per heavy atom. The summed E-state index contributed by atoms with van der Waals surface area (Å²) in [5.74, 6) is 0.656. The van der Waals surface area contributed by atoms with E-state index in [1.54, 1.807) is 6.07 Å². The molecule has 6 nitrogen and oxygen atoms in total. The molecule has 0 heterocycles. The van der Waals surface area contributed by atoms with E-state index < -0.39 is 10.5 Å². The lowest BCUT2D eigenvalue weighted by Gasteiger charge is -2.35. The van der Waals surface area contributed by atoms with Crippen molar-refractivity contribution in [2.24, 2.45) is 5.92 Å². The average Bonchev–Trinajstić information content (AvgIpc) is 2.40.